The molecule has 8 heteroatoms. The third kappa shape index (κ3) is 4.24. The number of hydrogen-bond donors (Lipinski definition) is 2. The molecular formula is C16H14N4O2S2. The van der Waals surface area contributed by atoms with Crippen molar-refractivity contribution in [2.75, 3.05) is 10.6 Å². The molecule has 3 aromatic rings. The van der Waals surface area contributed by atoms with E-state index < -0.39 is 0 Å². The maximum Gasteiger partial charge on any atom is 0.267 e. The molecule has 0 bridgehead atoms. The molecule has 2 N–H and O–H groups in total. The number of carbonyl (C=O) groups is 2. The lowest BCUT2D eigenvalue weighted by molar-refractivity contribution is -0.115. The minimum atomic E-state index is -0.200. The Morgan fingerprint density at radius 3 is 2.71 bits per heavy atom. The Kier molecular flexibility index (Phi) is 4.97. The molecule has 0 radical (unpaired) electrons. The monoisotopic (exact) mass is 358 g/mol. The van der Waals surface area contributed by atoms with Gasteiger partial charge in [-0.3, -0.25) is 14.9 Å². The molecule has 0 saturated carbocycles. The van der Waals surface area contributed by atoms with E-state index >= 15 is 0 Å². The zero-order chi connectivity index (χ0) is 16.9. The molecule has 3 heterocycles. The first-order valence-electron chi connectivity index (χ1n) is 7.13. The second kappa shape index (κ2) is 7.33. The standard InChI is InChI=1S/C16H14N4O2S2/c1-10-4-2-6-13(17-10)19-14(21)8-11-9-24-16(18-11)20-15(22)12-5-3-7-23-12/h2-7,9H,8H2,1H3,(H,17,19,21)(H,18,20,22). The highest BCUT2D eigenvalue weighted by Crippen LogP contribution is 2.18. The van der Waals surface area contributed by atoms with Crippen LogP contribution in [0.5, 0.6) is 0 Å². The minimum absolute atomic E-state index is 0.126. The lowest BCUT2D eigenvalue weighted by atomic mass is 10.3. The Bertz CT molecular complexity index is 859. The van der Waals surface area contributed by atoms with Crippen LogP contribution in [0.15, 0.2) is 41.1 Å². The van der Waals surface area contributed by atoms with Crippen LogP contribution in [0.25, 0.3) is 0 Å². The fourth-order valence-electron chi connectivity index (χ4n) is 1.98. The van der Waals surface area contributed by atoms with E-state index in [0.29, 0.717) is 21.5 Å². The number of rotatable bonds is 5. The number of aryl methyl sites for hydroxylation is 1. The molecule has 0 saturated heterocycles. The molecule has 6 nitrogen and oxygen atoms in total. The van der Waals surface area contributed by atoms with Gasteiger partial charge in [0.1, 0.15) is 5.82 Å². The van der Waals surface area contributed by atoms with Gasteiger partial charge in [0.05, 0.1) is 17.0 Å². The number of thiazole rings is 1. The molecule has 24 heavy (non-hydrogen) atoms. The summed E-state index contributed by atoms with van der Waals surface area (Å²) in [5.41, 5.74) is 1.44. The van der Waals surface area contributed by atoms with E-state index in [-0.39, 0.29) is 18.2 Å². The van der Waals surface area contributed by atoms with E-state index in [9.17, 15) is 9.59 Å². The number of hydrogen-bond acceptors (Lipinski definition) is 6. The van der Waals surface area contributed by atoms with Crippen molar-refractivity contribution < 1.29 is 9.59 Å². The van der Waals surface area contributed by atoms with E-state index in [0.717, 1.165) is 5.69 Å². The van der Waals surface area contributed by atoms with Crippen molar-refractivity contribution in [2.24, 2.45) is 0 Å². The lowest BCUT2D eigenvalue weighted by Crippen LogP contribution is -2.16. The Morgan fingerprint density at radius 1 is 1.08 bits per heavy atom. The normalized spacial score (nSPS) is 10.4. The minimum Gasteiger partial charge on any atom is -0.310 e. The highest BCUT2D eigenvalue weighted by molar-refractivity contribution is 7.14. The summed E-state index contributed by atoms with van der Waals surface area (Å²) < 4.78 is 0. The predicted octanol–water partition coefficient (Wildman–Crippen LogP) is 3.34. The smallest absolute Gasteiger partial charge is 0.267 e. The van der Waals surface area contributed by atoms with Gasteiger partial charge < -0.3 is 5.32 Å². The van der Waals surface area contributed by atoms with E-state index in [1.165, 1.54) is 22.7 Å². The van der Waals surface area contributed by atoms with Crippen molar-refractivity contribution in [3.8, 4) is 0 Å². The van der Waals surface area contributed by atoms with Gasteiger partial charge in [-0.25, -0.2) is 9.97 Å². The van der Waals surface area contributed by atoms with Crippen molar-refractivity contribution >= 4 is 45.4 Å². The van der Waals surface area contributed by atoms with Crippen molar-refractivity contribution in [3.63, 3.8) is 0 Å². The summed E-state index contributed by atoms with van der Waals surface area (Å²) in [6.07, 6.45) is 0.126. The fraction of sp³-hybridized carbons (Fsp3) is 0.125. The number of nitrogens with zero attached hydrogens (tertiary/aromatic N) is 2. The average Bonchev–Trinajstić information content (AvgIpc) is 3.19. The van der Waals surface area contributed by atoms with Gasteiger partial charge in [0.25, 0.3) is 5.91 Å². The molecule has 0 aliphatic heterocycles. The summed E-state index contributed by atoms with van der Waals surface area (Å²) >= 11 is 2.66. The number of aromatic nitrogens is 2. The molecule has 0 fully saturated rings. The van der Waals surface area contributed by atoms with Crippen LogP contribution >= 0.6 is 22.7 Å². The molecule has 0 atom stereocenters. The molecule has 3 rings (SSSR count). The first kappa shape index (κ1) is 16.3. The van der Waals surface area contributed by atoms with Gasteiger partial charge in [0.2, 0.25) is 5.91 Å². The Morgan fingerprint density at radius 2 is 1.96 bits per heavy atom. The van der Waals surface area contributed by atoms with Crippen LogP contribution in [0, 0.1) is 6.92 Å². The van der Waals surface area contributed by atoms with Crippen molar-refractivity contribution in [1.82, 2.24) is 9.97 Å². The fourth-order valence-corrected chi connectivity index (χ4v) is 3.30. The van der Waals surface area contributed by atoms with Crippen molar-refractivity contribution in [2.45, 2.75) is 13.3 Å². The number of amides is 2. The first-order chi connectivity index (χ1) is 11.6. The SMILES string of the molecule is Cc1cccc(NC(=O)Cc2csc(NC(=O)c3cccs3)n2)n1. The molecular weight excluding hydrogens is 344 g/mol. The summed E-state index contributed by atoms with van der Waals surface area (Å²) in [5, 5.41) is 9.54. The van der Waals surface area contributed by atoms with Gasteiger partial charge in [-0.2, -0.15) is 0 Å². The Labute approximate surface area is 146 Å². The number of carbonyl (C=O) groups excluding carboxylic acids is 2. The summed E-state index contributed by atoms with van der Waals surface area (Å²) in [6, 6.07) is 8.99. The van der Waals surface area contributed by atoms with Crippen LogP contribution in [0.4, 0.5) is 10.9 Å². The highest BCUT2D eigenvalue weighted by atomic mass is 32.1. The third-order valence-electron chi connectivity index (χ3n) is 3.01. The van der Waals surface area contributed by atoms with E-state index in [1.807, 2.05) is 30.5 Å². The Hall–Kier alpha value is -2.58. The van der Waals surface area contributed by atoms with Crippen molar-refractivity contribution in [1.29, 1.82) is 0 Å². The van der Waals surface area contributed by atoms with Gasteiger partial charge in [0.15, 0.2) is 5.13 Å². The lowest BCUT2D eigenvalue weighted by Gasteiger charge is -2.03. The van der Waals surface area contributed by atoms with Gasteiger partial charge in [0, 0.05) is 11.1 Å². The number of nitrogens with one attached hydrogen (secondary N) is 2. The topological polar surface area (TPSA) is 84.0 Å². The van der Waals surface area contributed by atoms with Crippen LogP contribution in [0.2, 0.25) is 0 Å². The van der Waals surface area contributed by atoms with Gasteiger partial charge in [-0.1, -0.05) is 12.1 Å². The second-order valence-electron chi connectivity index (χ2n) is 4.96. The second-order valence-corrected chi connectivity index (χ2v) is 6.77. The molecule has 0 unspecified atom stereocenters. The van der Waals surface area contributed by atoms with Gasteiger partial charge in [-0.15, -0.1) is 22.7 Å². The highest BCUT2D eigenvalue weighted by Gasteiger charge is 2.12. The van der Waals surface area contributed by atoms with Crippen LogP contribution < -0.4 is 10.6 Å². The molecule has 0 aliphatic carbocycles. The number of thiophene rings is 1. The van der Waals surface area contributed by atoms with Crippen LogP contribution in [-0.2, 0) is 11.2 Å². The van der Waals surface area contributed by atoms with Gasteiger partial charge >= 0.3 is 0 Å². The van der Waals surface area contributed by atoms with Crippen molar-refractivity contribution in [3.05, 3.63) is 57.4 Å². The maximum absolute atomic E-state index is 12.0. The molecule has 2 amide bonds. The summed E-state index contributed by atoms with van der Waals surface area (Å²) in [6.45, 7) is 1.86. The number of pyridine rings is 1. The molecule has 0 aliphatic rings. The van der Waals surface area contributed by atoms with Crippen LogP contribution in [0.1, 0.15) is 21.1 Å². The number of anilines is 2. The third-order valence-corrected chi connectivity index (χ3v) is 4.69. The maximum atomic E-state index is 12.0. The summed E-state index contributed by atoms with van der Waals surface area (Å²) in [7, 11) is 0. The summed E-state index contributed by atoms with van der Waals surface area (Å²) in [5.74, 6) is 0.121. The van der Waals surface area contributed by atoms with E-state index in [4.69, 9.17) is 0 Å². The molecule has 3 aromatic heterocycles. The van der Waals surface area contributed by atoms with Crippen LogP contribution in [0.3, 0.4) is 0 Å². The van der Waals surface area contributed by atoms with E-state index in [2.05, 4.69) is 20.6 Å². The van der Waals surface area contributed by atoms with Crippen LogP contribution in [-0.4, -0.2) is 21.8 Å². The molecule has 122 valence electrons. The Balaban J connectivity index is 1.57. The molecule has 0 spiro atoms. The largest absolute Gasteiger partial charge is 0.310 e. The quantitative estimate of drug-likeness (QED) is 0.733. The summed E-state index contributed by atoms with van der Waals surface area (Å²) in [4.78, 5) is 33.1. The first-order valence-corrected chi connectivity index (χ1v) is 8.89. The average molecular weight is 358 g/mol. The molecule has 0 aromatic carbocycles. The predicted molar refractivity (Wildman–Crippen MR) is 95.7 cm³/mol. The van der Waals surface area contributed by atoms with E-state index in [1.54, 1.807) is 17.5 Å². The zero-order valence-corrected chi connectivity index (χ0v) is 14.4. The van der Waals surface area contributed by atoms with Gasteiger partial charge in [-0.05, 0) is 30.5 Å². The zero-order valence-electron chi connectivity index (χ0n) is 12.8.